The van der Waals surface area contributed by atoms with Crippen LogP contribution in [0.2, 0.25) is 5.02 Å². The molecule has 1 aromatic carbocycles. The third-order valence-corrected chi connectivity index (χ3v) is 4.46. The second-order valence-corrected chi connectivity index (χ2v) is 6.15. The highest BCUT2D eigenvalue weighted by Gasteiger charge is 2.47. The van der Waals surface area contributed by atoms with Crippen LogP contribution in [-0.4, -0.2) is 39.3 Å². The number of urea groups is 1. The van der Waals surface area contributed by atoms with Crippen LogP contribution < -0.4 is 0 Å². The third-order valence-electron chi connectivity index (χ3n) is 4.22. The summed E-state index contributed by atoms with van der Waals surface area (Å²) in [4.78, 5) is 31.8. The van der Waals surface area contributed by atoms with Crippen molar-refractivity contribution in [1.29, 1.82) is 0 Å². The van der Waals surface area contributed by atoms with Gasteiger partial charge in [-0.2, -0.15) is 0 Å². The van der Waals surface area contributed by atoms with Crippen molar-refractivity contribution in [2.75, 3.05) is 6.54 Å². The van der Waals surface area contributed by atoms with Crippen molar-refractivity contribution in [3.8, 4) is 11.5 Å². The van der Waals surface area contributed by atoms with Crippen LogP contribution >= 0.6 is 11.6 Å². The maximum Gasteiger partial charge on any atom is 0.327 e. The van der Waals surface area contributed by atoms with Crippen molar-refractivity contribution in [2.45, 2.75) is 25.4 Å². The van der Waals surface area contributed by atoms with Crippen LogP contribution in [0.3, 0.4) is 0 Å². The number of imide groups is 1. The van der Waals surface area contributed by atoms with Crippen LogP contribution in [0.25, 0.3) is 11.5 Å². The fourth-order valence-electron chi connectivity index (χ4n) is 3.12. The molecule has 2 aliphatic heterocycles. The largest absolute Gasteiger partial charge is 0.444 e. The summed E-state index contributed by atoms with van der Waals surface area (Å²) < 4.78 is 5.45. The first-order valence-electron chi connectivity index (χ1n) is 7.46. The fraction of sp³-hybridized carbons (Fsp3) is 0.312. The summed E-state index contributed by atoms with van der Waals surface area (Å²) >= 11 is 5.96. The van der Waals surface area contributed by atoms with Gasteiger partial charge >= 0.3 is 6.03 Å². The van der Waals surface area contributed by atoms with Gasteiger partial charge in [0.1, 0.15) is 12.3 Å². The summed E-state index contributed by atoms with van der Waals surface area (Å²) in [5.41, 5.74) is 1.30. The zero-order valence-corrected chi connectivity index (χ0v) is 13.0. The molecule has 7 heteroatoms. The minimum atomic E-state index is -0.290. The van der Waals surface area contributed by atoms with Gasteiger partial charge in [0.25, 0.3) is 5.91 Å². The molecule has 0 spiro atoms. The molecule has 2 aromatic rings. The number of carbonyl (C=O) groups excluding carboxylic acids is 2. The number of benzene rings is 1. The molecule has 3 heterocycles. The lowest BCUT2D eigenvalue weighted by atomic mass is 10.2. The lowest BCUT2D eigenvalue weighted by Gasteiger charge is -2.13. The molecule has 2 aliphatic rings. The number of amides is 3. The number of fused-ring (bicyclic) bond motifs is 1. The summed E-state index contributed by atoms with van der Waals surface area (Å²) in [5, 5.41) is 0.591. The van der Waals surface area contributed by atoms with E-state index in [-0.39, 0.29) is 24.5 Å². The van der Waals surface area contributed by atoms with Crippen LogP contribution in [0.5, 0.6) is 0 Å². The van der Waals surface area contributed by atoms with Crippen LogP contribution in [-0.2, 0) is 11.3 Å². The first-order valence-corrected chi connectivity index (χ1v) is 7.83. The number of carbonyl (C=O) groups is 2. The van der Waals surface area contributed by atoms with E-state index >= 15 is 0 Å². The van der Waals surface area contributed by atoms with Crippen molar-refractivity contribution in [1.82, 2.24) is 14.8 Å². The Balaban J connectivity index is 1.54. The van der Waals surface area contributed by atoms with Gasteiger partial charge in [-0.1, -0.05) is 17.7 Å². The van der Waals surface area contributed by atoms with Gasteiger partial charge in [-0.3, -0.25) is 9.69 Å². The van der Waals surface area contributed by atoms with E-state index in [1.165, 1.54) is 11.2 Å². The molecule has 1 atom stereocenters. The molecule has 2 saturated heterocycles. The van der Waals surface area contributed by atoms with E-state index in [0.717, 1.165) is 18.4 Å². The summed E-state index contributed by atoms with van der Waals surface area (Å²) in [6, 6.07) is 6.64. The van der Waals surface area contributed by atoms with Gasteiger partial charge in [0, 0.05) is 17.1 Å². The maximum absolute atomic E-state index is 12.3. The lowest BCUT2D eigenvalue weighted by molar-refractivity contribution is -0.128. The second-order valence-electron chi connectivity index (χ2n) is 5.71. The van der Waals surface area contributed by atoms with Crippen molar-refractivity contribution in [2.24, 2.45) is 0 Å². The number of aromatic nitrogens is 1. The zero-order valence-electron chi connectivity index (χ0n) is 12.2. The smallest absolute Gasteiger partial charge is 0.327 e. The van der Waals surface area contributed by atoms with E-state index in [1.807, 2.05) is 12.1 Å². The molecule has 0 radical (unpaired) electrons. The minimum Gasteiger partial charge on any atom is -0.444 e. The van der Waals surface area contributed by atoms with Crippen molar-refractivity contribution < 1.29 is 14.0 Å². The first-order chi connectivity index (χ1) is 11.1. The van der Waals surface area contributed by atoms with E-state index in [0.29, 0.717) is 23.2 Å². The average molecular weight is 332 g/mol. The molecule has 0 bridgehead atoms. The Labute approximate surface area is 137 Å². The SMILES string of the molecule is O=C1[C@@H]2CCCN2C(=O)N1Cc1coc(-c2cccc(Cl)c2)n1. The molecule has 3 amide bonds. The summed E-state index contributed by atoms with van der Waals surface area (Å²) in [6.45, 7) is 0.785. The topological polar surface area (TPSA) is 66.7 Å². The normalized spacial score (nSPS) is 20.5. The molecule has 1 aromatic heterocycles. The van der Waals surface area contributed by atoms with Gasteiger partial charge in [0.05, 0.1) is 12.2 Å². The molecule has 2 fully saturated rings. The summed E-state index contributed by atoms with van der Waals surface area (Å²) in [7, 11) is 0. The van der Waals surface area contributed by atoms with Crippen molar-refractivity contribution >= 4 is 23.5 Å². The van der Waals surface area contributed by atoms with E-state index in [2.05, 4.69) is 4.98 Å². The van der Waals surface area contributed by atoms with Crippen LogP contribution in [0.1, 0.15) is 18.5 Å². The maximum atomic E-state index is 12.3. The Bertz CT molecular complexity index is 766. The lowest BCUT2D eigenvalue weighted by Crippen LogP contribution is -2.32. The number of hydrogen-bond donors (Lipinski definition) is 0. The Morgan fingerprint density at radius 3 is 3.00 bits per heavy atom. The van der Waals surface area contributed by atoms with Crippen molar-refractivity contribution in [3.05, 3.63) is 41.2 Å². The molecule has 23 heavy (non-hydrogen) atoms. The second kappa shape index (κ2) is 5.38. The van der Waals surface area contributed by atoms with Gasteiger partial charge in [-0.05, 0) is 31.0 Å². The van der Waals surface area contributed by atoms with E-state index in [4.69, 9.17) is 16.0 Å². The average Bonchev–Trinajstić information content (AvgIpc) is 3.24. The summed E-state index contributed by atoms with van der Waals surface area (Å²) in [6.07, 6.45) is 3.10. The van der Waals surface area contributed by atoms with E-state index < -0.39 is 0 Å². The van der Waals surface area contributed by atoms with Gasteiger partial charge in [0.2, 0.25) is 5.89 Å². The van der Waals surface area contributed by atoms with Gasteiger partial charge in [-0.15, -0.1) is 0 Å². The number of hydrogen-bond acceptors (Lipinski definition) is 4. The van der Waals surface area contributed by atoms with Gasteiger partial charge in [0.15, 0.2) is 0 Å². The highest BCUT2D eigenvalue weighted by Crippen LogP contribution is 2.29. The third kappa shape index (κ3) is 2.39. The van der Waals surface area contributed by atoms with E-state index in [1.54, 1.807) is 17.0 Å². The molecule has 0 aliphatic carbocycles. The van der Waals surface area contributed by atoms with Crippen LogP contribution in [0, 0.1) is 0 Å². The zero-order chi connectivity index (χ0) is 16.0. The Morgan fingerprint density at radius 2 is 2.22 bits per heavy atom. The predicted octanol–water partition coefficient (Wildman–Crippen LogP) is 2.92. The first kappa shape index (κ1) is 14.3. The van der Waals surface area contributed by atoms with Crippen LogP contribution in [0.15, 0.2) is 34.9 Å². The van der Waals surface area contributed by atoms with Gasteiger partial charge < -0.3 is 9.32 Å². The predicted molar refractivity (Wildman–Crippen MR) is 82.6 cm³/mol. The highest BCUT2D eigenvalue weighted by atomic mass is 35.5. The monoisotopic (exact) mass is 331 g/mol. The van der Waals surface area contributed by atoms with Crippen LogP contribution in [0.4, 0.5) is 4.79 Å². The van der Waals surface area contributed by atoms with Crippen molar-refractivity contribution in [3.63, 3.8) is 0 Å². The molecule has 0 unspecified atom stereocenters. The molecule has 4 rings (SSSR count). The molecule has 0 N–H and O–H groups in total. The number of rotatable bonds is 3. The minimum absolute atomic E-state index is 0.134. The molecular weight excluding hydrogens is 318 g/mol. The Kier molecular flexibility index (Phi) is 3.34. The Morgan fingerprint density at radius 1 is 1.35 bits per heavy atom. The number of nitrogens with zero attached hydrogens (tertiary/aromatic N) is 3. The quantitative estimate of drug-likeness (QED) is 0.811. The molecule has 6 nitrogen and oxygen atoms in total. The number of oxazole rings is 1. The number of halogens is 1. The molecular formula is C16H14ClN3O3. The molecule has 118 valence electrons. The molecule has 0 saturated carbocycles. The van der Waals surface area contributed by atoms with Gasteiger partial charge in [-0.25, -0.2) is 9.78 Å². The summed E-state index contributed by atoms with van der Waals surface area (Å²) in [5.74, 6) is 0.280. The highest BCUT2D eigenvalue weighted by molar-refractivity contribution is 6.30. The fourth-order valence-corrected chi connectivity index (χ4v) is 3.31. The Hall–Kier alpha value is -2.34. The van der Waals surface area contributed by atoms with E-state index in [9.17, 15) is 9.59 Å². The standard InChI is InChI=1S/C16H14ClN3O3/c17-11-4-1-3-10(7-11)14-18-12(9-23-14)8-20-15(21)13-5-2-6-19(13)16(20)22/h1,3-4,7,9,13H,2,5-6,8H2/t13-/m0/s1.